The minimum Gasteiger partial charge on any atom is -0.311 e. The van der Waals surface area contributed by atoms with Crippen LogP contribution in [0.5, 0.6) is 0 Å². The summed E-state index contributed by atoms with van der Waals surface area (Å²) in [5, 5.41) is 3.54. The lowest BCUT2D eigenvalue weighted by Gasteiger charge is -2.29. The van der Waals surface area contributed by atoms with E-state index < -0.39 is 10.0 Å². The van der Waals surface area contributed by atoms with Crippen molar-refractivity contribution >= 4 is 22.4 Å². The highest BCUT2D eigenvalue weighted by Crippen LogP contribution is 2.28. The fraction of sp³-hybridized carbons (Fsp3) is 1.00. The first-order chi connectivity index (χ1) is 8.61. The maximum atomic E-state index is 12.2. The van der Waals surface area contributed by atoms with E-state index in [-0.39, 0.29) is 18.4 Å². The largest absolute Gasteiger partial charge is 0.311 e. The molecule has 0 spiro atoms. The molecule has 2 N–H and O–H groups in total. The van der Waals surface area contributed by atoms with E-state index in [0.717, 1.165) is 25.7 Å². The Hall–Kier alpha value is 0.160. The quantitative estimate of drug-likeness (QED) is 0.832. The Morgan fingerprint density at radius 1 is 1.00 bits per heavy atom. The van der Waals surface area contributed by atoms with Crippen LogP contribution >= 0.6 is 12.4 Å². The van der Waals surface area contributed by atoms with Gasteiger partial charge in [0.2, 0.25) is 10.0 Å². The molecule has 0 aromatic heterocycles. The summed E-state index contributed by atoms with van der Waals surface area (Å²) in [6.07, 6.45) is 8.98. The van der Waals surface area contributed by atoms with Gasteiger partial charge < -0.3 is 5.32 Å². The van der Waals surface area contributed by atoms with E-state index in [1.807, 2.05) is 0 Å². The standard InChI is InChI=1S/C13H24N2O2S.ClH/c16-18(17,9-10-3-1-2-4-10)15-13-7-11-5-6-12(8-13)14-11;/h10-15H,1-9H2;1H. The zero-order chi connectivity index (χ0) is 12.6. The van der Waals surface area contributed by atoms with Crippen LogP contribution in [-0.2, 0) is 10.0 Å². The predicted octanol–water partition coefficient (Wildman–Crippen LogP) is 1.80. The molecule has 0 aromatic carbocycles. The van der Waals surface area contributed by atoms with Gasteiger partial charge in [0.15, 0.2) is 0 Å². The van der Waals surface area contributed by atoms with Crippen molar-refractivity contribution < 1.29 is 8.42 Å². The average Bonchev–Trinajstić information content (AvgIpc) is 2.87. The van der Waals surface area contributed by atoms with Gasteiger partial charge >= 0.3 is 0 Å². The van der Waals surface area contributed by atoms with E-state index in [0.29, 0.717) is 23.8 Å². The van der Waals surface area contributed by atoms with E-state index in [1.54, 1.807) is 0 Å². The molecule has 3 rings (SSSR count). The van der Waals surface area contributed by atoms with Crippen LogP contribution in [0.1, 0.15) is 51.4 Å². The molecule has 2 bridgehead atoms. The summed E-state index contributed by atoms with van der Waals surface area (Å²) in [6, 6.07) is 1.26. The third-order valence-electron chi connectivity index (χ3n) is 4.75. The van der Waals surface area contributed by atoms with Crippen molar-refractivity contribution in [2.24, 2.45) is 5.92 Å². The van der Waals surface area contributed by atoms with Crippen LogP contribution in [0, 0.1) is 5.92 Å². The molecular formula is C13H25ClN2O2S. The number of nitrogens with one attached hydrogen (secondary N) is 2. The Morgan fingerprint density at radius 3 is 2.16 bits per heavy atom. The molecule has 4 nitrogen and oxygen atoms in total. The van der Waals surface area contributed by atoms with Crippen molar-refractivity contribution in [3.8, 4) is 0 Å². The number of hydrogen-bond donors (Lipinski definition) is 2. The van der Waals surface area contributed by atoms with E-state index in [9.17, 15) is 8.42 Å². The smallest absolute Gasteiger partial charge is 0.212 e. The Bertz CT molecular complexity index is 383. The molecule has 1 aliphatic carbocycles. The van der Waals surface area contributed by atoms with E-state index in [2.05, 4.69) is 10.0 Å². The Morgan fingerprint density at radius 2 is 1.58 bits per heavy atom. The fourth-order valence-corrected chi connectivity index (χ4v) is 5.69. The van der Waals surface area contributed by atoms with Crippen LogP contribution in [0.15, 0.2) is 0 Å². The summed E-state index contributed by atoms with van der Waals surface area (Å²) < 4.78 is 27.3. The van der Waals surface area contributed by atoms with Gasteiger partial charge in [-0.05, 0) is 44.4 Å². The molecule has 112 valence electrons. The molecule has 0 aromatic rings. The van der Waals surface area contributed by atoms with Crippen molar-refractivity contribution in [3.05, 3.63) is 0 Å². The minimum absolute atomic E-state index is 0. The third-order valence-corrected chi connectivity index (χ3v) is 6.35. The number of piperidine rings is 1. The van der Waals surface area contributed by atoms with Crippen LogP contribution in [0.25, 0.3) is 0 Å². The van der Waals surface area contributed by atoms with E-state index in [4.69, 9.17) is 0 Å². The fourth-order valence-electron chi connectivity index (χ4n) is 3.94. The monoisotopic (exact) mass is 308 g/mol. The molecule has 2 heterocycles. The number of rotatable bonds is 4. The summed E-state index contributed by atoms with van der Waals surface area (Å²) in [5.74, 6) is 0.757. The second kappa shape index (κ2) is 6.29. The molecule has 2 unspecified atom stereocenters. The number of fused-ring (bicyclic) bond motifs is 2. The number of halogens is 1. The maximum absolute atomic E-state index is 12.2. The van der Waals surface area contributed by atoms with Gasteiger partial charge in [-0.3, -0.25) is 0 Å². The summed E-state index contributed by atoms with van der Waals surface area (Å²) >= 11 is 0. The highest BCUT2D eigenvalue weighted by atomic mass is 35.5. The second-order valence-electron chi connectivity index (χ2n) is 6.36. The van der Waals surface area contributed by atoms with E-state index in [1.165, 1.54) is 25.7 Å². The van der Waals surface area contributed by atoms with Gasteiger partial charge in [0, 0.05) is 18.1 Å². The summed E-state index contributed by atoms with van der Waals surface area (Å²) in [5.41, 5.74) is 0. The third kappa shape index (κ3) is 4.06. The zero-order valence-corrected chi connectivity index (χ0v) is 12.9. The Kier molecular flexibility index (Phi) is 5.15. The lowest BCUT2D eigenvalue weighted by atomic mass is 10.0. The van der Waals surface area contributed by atoms with Gasteiger partial charge in [0.1, 0.15) is 0 Å². The first-order valence-electron chi connectivity index (χ1n) is 7.37. The van der Waals surface area contributed by atoms with Gasteiger partial charge in [0.05, 0.1) is 5.75 Å². The summed E-state index contributed by atoms with van der Waals surface area (Å²) in [6.45, 7) is 0. The molecule has 3 fully saturated rings. The minimum atomic E-state index is -3.06. The Balaban J connectivity index is 0.00000133. The molecule has 6 heteroatoms. The Labute approximate surface area is 122 Å². The maximum Gasteiger partial charge on any atom is 0.212 e. The topological polar surface area (TPSA) is 58.2 Å². The molecule has 2 aliphatic heterocycles. The zero-order valence-electron chi connectivity index (χ0n) is 11.3. The average molecular weight is 309 g/mol. The van der Waals surface area contributed by atoms with Crippen molar-refractivity contribution in [3.63, 3.8) is 0 Å². The number of sulfonamides is 1. The lowest BCUT2D eigenvalue weighted by Crippen LogP contribution is -2.48. The first kappa shape index (κ1) is 15.5. The summed E-state index contributed by atoms with van der Waals surface area (Å²) in [4.78, 5) is 0. The molecule has 2 atom stereocenters. The molecule has 1 saturated carbocycles. The van der Waals surface area contributed by atoms with Crippen LogP contribution in [-0.4, -0.2) is 32.3 Å². The second-order valence-corrected chi connectivity index (χ2v) is 8.15. The molecule has 2 saturated heterocycles. The van der Waals surface area contributed by atoms with Gasteiger partial charge in [0.25, 0.3) is 0 Å². The van der Waals surface area contributed by atoms with Crippen molar-refractivity contribution in [1.82, 2.24) is 10.0 Å². The highest BCUT2D eigenvalue weighted by molar-refractivity contribution is 7.89. The molecule has 3 aliphatic rings. The van der Waals surface area contributed by atoms with Gasteiger partial charge in [-0.1, -0.05) is 12.8 Å². The van der Waals surface area contributed by atoms with E-state index >= 15 is 0 Å². The van der Waals surface area contributed by atoms with Crippen molar-refractivity contribution in [2.75, 3.05) is 5.75 Å². The van der Waals surface area contributed by atoms with Gasteiger partial charge in [-0.15, -0.1) is 12.4 Å². The SMILES string of the molecule is Cl.O=S(=O)(CC1CCCC1)NC1CC2CCC(C1)N2. The highest BCUT2D eigenvalue weighted by Gasteiger charge is 2.35. The normalized spacial score (nSPS) is 35.3. The summed E-state index contributed by atoms with van der Waals surface area (Å²) in [7, 11) is -3.06. The molecular weight excluding hydrogens is 284 g/mol. The van der Waals surface area contributed by atoms with Gasteiger partial charge in [-0.2, -0.15) is 0 Å². The van der Waals surface area contributed by atoms with Crippen LogP contribution in [0.4, 0.5) is 0 Å². The molecule has 19 heavy (non-hydrogen) atoms. The van der Waals surface area contributed by atoms with Gasteiger partial charge in [-0.25, -0.2) is 13.1 Å². The molecule has 0 amide bonds. The first-order valence-corrected chi connectivity index (χ1v) is 9.02. The van der Waals surface area contributed by atoms with Crippen molar-refractivity contribution in [2.45, 2.75) is 69.5 Å². The lowest BCUT2D eigenvalue weighted by molar-refractivity contribution is 0.344. The van der Waals surface area contributed by atoms with Crippen LogP contribution in [0.2, 0.25) is 0 Å². The predicted molar refractivity (Wildman–Crippen MR) is 79.1 cm³/mol. The number of hydrogen-bond acceptors (Lipinski definition) is 3. The molecule has 0 radical (unpaired) electrons. The van der Waals surface area contributed by atoms with Crippen LogP contribution < -0.4 is 10.0 Å². The van der Waals surface area contributed by atoms with Crippen molar-refractivity contribution in [1.29, 1.82) is 0 Å². The van der Waals surface area contributed by atoms with Crippen LogP contribution in [0.3, 0.4) is 0 Å².